The molecule has 0 aliphatic carbocycles. The number of carbonyl (C=O) groups excluding carboxylic acids is 1. The van der Waals surface area contributed by atoms with Crippen LogP contribution in [0.5, 0.6) is 0 Å². The summed E-state index contributed by atoms with van der Waals surface area (Å²) in [5.41, 5.74) is 8.23. The number of nitrogens with two attached hydrogens (primary N) is 1. The SMILES string of the molecule is CC(=O)c1cnc(N)nc1N1C[C@H](C)[C@H]1c1nn2ccc(C)c2c(=O)n1-c1ccccc1. The maximum atomic E-state index is 13.6. The highest BCUT2D eigenvalue weighted by molar-refractivity contribution is 5.98. The van der Waals surface area contributed by atoms with Crippen LogP contribution in [-0.2, 0) is 0 Å². The first kappa shape index (κ1) is 19.9. The summed E-state index contributed by atoms with van der Waals surface area (Å²) in [6, 6.07) is 11.1. The quantitative estimate of drug-likeness (QED) is 0.496. The molecule has 0 bridgehead atoms. The van der Waals surface area contributed by atoms with Gasteiger partial charge in [0, 0.05) is 24.9 Å². The highest BCUT2D eigenvalue weighted by atomic mass is 16.1. The van der Waals surface area contributed by atoms with Crippen molar-refractivity contribution in [2.45, 2.75) is 26.8 Å². The molecule has 1 aliphatic rings. The van der Waals surface area contributed by atoms with Gasteiger partial charge in [0.15, 0.2) is 11.6 Å². The first-order valence-corrected chi connectivity index (χ1v) is 10.4. The number of Topliss-reactive ketones (excluding diaryl/α,β-unsaturated/α-hetero) is 1. The van der Waals surface area contributed by atoms with Crippen LogP contribution in [0.15, 0.2) is 53.6 Å². The molecule has 0 spiro atoms. The van der Waals surface area contributed by atoms with E-state index in [1.807, 2.05) is 48.2 Å². The molecular weight excluding hydrogens is 406 g/mol. The maximum Gasteiger partial charge on any atom is 0.282 e. The van der Waals surface area contributed by atoms with Gasteiger partial charge in [-0.1, -0.05) is 25.1 Å². The Kier molecular flexibility index (Phi) is 4.54. The van der Waals surface area contributed by atoms with Crippen LogP contribution in [-0.4, -0.2) is 36.5 Å². The van der Waals surface area contributed by atoms with Crippen LogP contribution in [0.3, 0.4) is 0 Å². The van der Waals surface area contributed by atoms with Crippen molar-refractivity contribution in [3.8, 4) is 5.69 Å². The minimum absolute atomic E-state index is 0.0909. The molecule has 1 saturated heterocycles. The van der Waals surface area contributed by atoms with Gasteiger partial charge in [-0.3, -0.25) is 14.2 Å². The highest BCUT2D eigenvalue weighted by Gasteiger charge is 2.43. The fourth-order valence-corrected chi connectivity index (χ4v) is 4.41. The molecule has 2 atom stereocenters. The van der Waals surface area contributed by atoms with E-state index in [-0.39, 0.29) is 29.3 Å². The molecular formula is C23H23N7O2. The molecule has 4 aromatic rings. The molecule has 0 radical (unpaired) electrons. The Bertz CT molecular complexity index is 1410. The number of nitrogen functional groups attached to an aromatic ring is 1. The lowest BCUT2D eigenvalue weighted by Crippen LogP contribution is -2.52. The highest BCUT2D eigenvalue weighted by Crippen LogP contribution is 2.42. The van der Waals surface area contributed by atoms with Gasteiger partial charge < -0.3 is 10.6 Å². The maximum absolute atomic E-state index is 13.6. The Labute approximate surface area is 184 Å². The monoisotopic (exact) mass is 429 g/mol. The van der Waals surface area contributed by atoms with E-state index >= 15 is 0 Å². The zero-order chi connectivity index (χ0) is 22.6. The first-order chi connectivity index (χ1) is 15.4. The van der Waals surface area contributed by atoms with Gasteiger partial charge in [-0.05, 0) is 37.6 Å². The predicted octanol–water partition coefficient (Wildman–Crippen LogP) is 2.57. The van der Waals surface area contributed by atoms with Crippen LogP contribution in [0.25, 0.3) is 11.2 Å². The largest absolute Gasteiger partial charge is 0.368 e. The topological polar surface area (TPSA) is 111 Å². The number of fused-ring (bicyclic) bond motifs is 1. The molecule has 9 nitrogen and oxygen atoms in total. The van der Waals surface area contributed by atoms with Gasteiger partial charge in [0.25, 0.3) is 5.56 Å². The zero-order valence-electron chi connectivity index (χ0n) is 18.1. The number of anilines is 2. The molecule has 0 unspecified atom stereocenters. The lowest BCUT2D eigenvalue weighted by Gasteiger charge is -2.47. The van der Waals surface area contributed by atoms with Crippen molar-refractivity contribution in [1.82, 2.24) is 24.1 Å². The Hall–Kier alpha value is -4.01. The summed E-state index contributed by atoms with van der Waals surface area (Å²) in [4.78, 5) is 36.2. The third kappa shape index (κ3) is 2.96. The molecule has 2 N–H and O–H groups in total. The summed E-state index contributed by atoms with van der Waals surface area (Å²) < 4.78 is 3.30. The summed E-state index contributed by atoms with van der Waals surface area (Å²) in [6.45, 7) is 6.11. The van der Waals surface area contributed by atoms with Gasteiger partial charge in [0.05, 0.1) is 17.3 Å². The number of aryl methyl sites for hydroxylation is 1. The zero-order valence-corrected chi connectivity index (χ0v) is 18.1. The molecule has 4 heterocycles. The minimum Gasteiger partial charge on any atom is -0.368 e. The lowest BCUT2D eigenvalue weighted by atomic mass is 9.88. The summed E-state index contributed by atoms with van der Waals surface area (Å²) in [5.74, 6) is 1.15. The average Bonchev–Trinajstić information content (AvgIpc) is 3.13. The number of hydrogen-bond acceptors (Lipinski definition) is 7. The van der Waals surface area contributed by atoms with Crippen LogP contribution in [0.1, 0.15) is 41.6 Å². The molecule has 3 aromatic heterocycles. The van der Waals surface area contributed by atoms with Crippen molar-refractivity contribution >= 4 is 23.1 Å². The number of nitrogens with zero attached hydrogens (tertiary/aromatic N) is 6. The summed E-state index contributed by atoms with van der Waals surface area (Å²) >= 11 is 0. The van der Waals surface area contributed by atoms with Gasteiger partial charge in [-0.15, -0.1) is 0 Å². The number of ketones is 1. The molecule has 9 heteroatoms. The van der Waals surface area contributed by atoms with E-state index in [0.717, 1.165) is 11.3 Å². The third-order valence-corrected chi connectivity index (χ3v) is 5.99. The van der Waals surface area contributed by atoms with Crippen molar-refractivity contribution < 1.29 is 4.79 Å². The van der Waals surface area contributed by atoms with E-state index in [1.165, 1.54) is 13.1 Å². The van der Waals surface area contributed by atoms with Crippen molar-refractivity contribution in [2.24, 2.45) is 5.92 Å². The van der Waals surface area contributed by atoms with Crippen molar-refractivity contribution in [3.63, 3.8) is 0 Å². The van der Waals surface area contributed by atoms with Gasteiger partial charge in [0.1, 0.15) is 11.3 Å². The van der Waals surface area contributed by atoms with Crippen LogP contribution < -0.4 is 16.2 Å². The van der Waals surface area contributed by atoms with E-state index in [9.17, 15) is 9.59 Å². The molecule has 0 amide bonds. The summed E-state index contributed by atoms with van der Waals surface area (Å²) in [5, 5.41) is 4.86. The Morgan fingerprint density at radius 3 is 2.62 bits per heavy atom. The van der Waals surface area contributed by atoms with E-state index in [2.05, 4.69) is 16.9 Å². The molecule has 1 aromatic carbocycles. The molecule has 1 aliphatic heterocycles. The van der Waals surface area contributed by atoms with Crippen LogP contribution in [0.4, 0.5) is 11.8 Å². The fraction of sp³-hybridized carbons (Fsp3) is 0.261. The van der Waals surface area contributed by atoms with Crippen LogP contribution >= 0.6 is 0 Å². The van der Waals surface area contributed by atoms with Gasteiger partial charge in [-0.2, -0.15) is 10.1 Å². The standard InChI is InChI=1S/C23H23N7O2/c1-13-9-10-29-19(13)22(32)30(16-7-5-4-6-8-16)21(27-29)18-14(2)12-28(18)20-17(15(3)31)11-25-23(24)26-20/h4-11,14,18H,12H2,1-3H3,(H2,24,25,26)/t14-,18-/m0/s1. The van der Waals surface area contributed by atoms with Gasteiger partial charge in [-0.25, -0.2) is 9.50 Å². The van der Waals surface area contributed by atoms with E-state index < -0.39 is 0 Å². The molecule has 1 fully saturated rings. The number of para-hydroxylation sites is 1. The smallest absolute Gasteiger partial charge is 0.282 e. The van der Waals surface area contributed by atoms with Gasteiger partial charge >= 0.3 is 0 Å². The molecule has 5 rings (SSSR count). The second kappa shape index (κ2) is 7.30. The van der Waals surface area contributed by atoms with Gasteiger partial charge in [0.2, 0.25) is 5.95 Å². The fourth-order valence-electron chi connectivity index (χ4n) is 4.41. The normalized spacial score (nSPS) is 18.0. The Balaban J connectivity index is 1.75. The predicted molar refractivity (Wildman–Crippen MR) is 121 cm³/mol. The second-order valence-corrected chi connectivity index (χ2v) is 8.22. The number of carbonyl (C=O) groups is 1. The summed E-state index contributed by atoms with van der Waals surface area (Å²) in [7, 11) is 0. The second-order valence-electron chi connectivity index (χ2n) is 8.22. The van der Waals surface area contributed by atoms with E-state index in [1.54, 1.807) is 15.3 Å². The number of rotatable bonds is 4. The number of hydrogen-bond donors (Lipinski definition) is 1. The number of aromatic nitrogens is 5. The number of benzene rings is 1. The minimum atomic E-state index is -0.276. The molecule has 32 heavy (non-hydrogen) atoms. The van der Waals surface area contributed by atoms with Crippen molar-refractivity contribution in [1.29, 1.82) is 0 Å². The van der Waals surface area contributed by atoms with Crippen molar-refractivity contribution in [3.05, 3.63) is 76.1 Å². The first-order valence-electron chi connectivity index (χ1n) is 10.4. The lowest BCUT2D eigenvalue weighted by molar-refractivity contribution is 0.101. The van der Waals surface area contributed by atoms with Crippen LogP contribution in [0, 0.1) is 12.8 Å². The average molecular weight is 429 g/mol. The third-order valence-electron chi connectivity index (χ3n) is 5.99. The molecule has 0 saturated carbocycles. The van der Waals surface area contributed by atoms with Crippen molar-refractivity contribution in [2.75, 3.05) is 17.2 Å². The van der Waals surface area contributed by atoms with E-state index in [0.29, 0.717) is 29.3 Å². The van der Waals surface area contributed by atoms with Crippen LogP contribution in [0.2, 0.25) is 0 Å². The Morgan fingerprint density at radius 1 is 1.19 bits per heavy atom. The van der Waals surface area contributed by atoms with E-state index in [4.69, 9.17) is 10.8 Å². The Morgan fingerprint density at radius 2 is 1.94 bits per heavy atom. The molecule has 162 valence electrons. The summed E-state index contributed by atoms with van der Waals surface area (Å²) in [6.07, 6.45) is 3.25.